The van der Waals surface area contributed by atoms with Gasteiger partial charge in [-0.15, -0.1) is 11.3 Å². The Hall–Kier alpha value is -2.28. The summed E-state index contributed by atoms with van der Waals surface area (Å²) in [6.45, 7) is 0.712. The van der Waals surface area contributed by atoms with Crippen molar-refractivity contribution >= 4 is 39.1 Å². The number of alkyl halides is 1. The number of hydrogen-bond donors (Lipinski definition) is 3. The summed E-state index contributed by atoms with van der Waals surface area (Å²) in [5.41, 5.74) is -0.146. The molecule has 1 fully saturated rings. The lowest BCUT2D eigenvalue weighted by Crippen LogP contribution is -2.68. The molecule has 1 aliphatic rings. The molecule has 2 heterocycles. The van der Waals surface area contributed by atoms with Crippen LogP contribution in [-0.4, -0.2) is 45.4 Å². The summed E-state index contributed by atoms with van der Waals surface area (Å²) >= 11 is 4.77. The lowest BCUT2D eigenvalue weighted by molar-refractivity contribution is 0.0774. The van der Waals surface area contributed by atoms with Crippen LogP contribution in [-0.2, 0) is 0 Å². The van der Waals surface area contributed by atoms with Crippen molar-refractivity contribution in [2.45, 2.75) is 16.3 Å². The van der Waals surface area contributed by atoms with Crippen LogP contribution in [0.3, 0.4) is 0 Å². The number of halogens is 1. The van der Waals surface area contributed by atoms with Crippen LogP contribution >= 0.6 is 27.3 Å². The van der Waals surface area contributed by atoms with E-state index >= 15 is 0 Å². The first kappa shape index (κ1) is 18.5. The second kappa shape index (κ2) is 7.53. The van der Waals surface area contributed by atoms with E-state index in [0.717, 1.165) is 5.56 Å². The van der Waals surface area contributed by atoms with Gasteiger partial charge in [-0.2, -0.15) is 5.26 Å². The minimum absolute atomic E-state index is 0.143. The van der Waals surface area contributed by atoms with Crippen LogP contribution in [0.25, 0.3) is 0 Å². The third-order valence-corrected chi connectivity index (χ3v) is 6.02. The van der Waals surface area contributed by atoms with Gasteiger partial charge in [-0.1, -0.05) is 28.1 Å². The molecular weight excluding hydrogens is 420 g/mol. The van der Waals surface area contributed by atoms with E-state index in [4.69, 9.17) is 5.26 Å². The maximum atomic E-state index is 13.3. The molecule has 2 aromatic rings. The number of amides is 1. The zero-order valence-corrected chi connectivity index (χ0v) is 15.9. The van der Waals surface area contributed by atoms with Crippen molar-refractivity contribution in [3.8, 4) is 6.07 Å². The summed E-state index contributed by atoms with van der Waals surface area (Å²) in [6, 6.07) is 8.90. The Labute approximate surface area is 162 Å². The van der Waals surface area contributed by atoms with Gasteiger partial charge < -0.3 is 15.7 Å². The fraction of sp³-hybridized carbons (Fsp3) is 0.294. The number of nitrogens with zero attached hydrogens (tertiary/aromatic N) is 2. The number of carboxylic acid groups (broad SMARTS) is 1. The number of nitriles is 1. The molecule has 1 amide bonds. The number of carbonyl (C=O) groups excluding carboxylic acids is 1. The monoisotopic (exact) mass is 434 g/mol. The molecule has 0 radical (unpaired) electrons. The number of thiazole rings is 1. The van der Waals surface area contributed by atoms with Crippen molar-refractivity contribution in [2.75, 3.05) is 13.1 Å². The van der Waals surface area contributed by atoms with Crippen LogP contribution in [0.2, 0.25) is 0 Å². The molecule has 0 bridgehead atoms. The average molecular weight is 435 g/mol. The predicted molar refractivity (Wildman–Crippen MR) is 99.8 cm³/mol. The first-order valence-electron chi connectivity index (χ1n) is 7.78. The van der Waals surface area contributed by atoms with Crippen LogP contribution in [0.5, 0.6) is 0 Å². The van der Waals surface area contributed by atoms with Crippen LogP contribution in [0.4, 0.5) is 4.79 Å². The van der Waals surface area contributed by atoms with E-state index < -0.39 is 17.6 Å². The normalized spacial score (nSPS) is 25.2. The largest absolute Gasteiger partial charge is 0.465 e. The van der Waals surface area contributed by atoms with E-state index in [-0.39, 0.29) is 22.2 Å². The molecular formula is C17H15BrN4O3S. The van der Waals surface area contributed by atoms with E-state index in [1.807, 2.05) is 0 Å². The number of nitrogens with one attached hydrogen (secondary N) is 2. The third kappa shape index (κ3) is 3.35. The van der Waals surface area contributed by atoms with Gasteiger partial charge >= 0.3 is 6.09 Å². The van der Waals surface area contributed by atoms with Crippen molar-refractivity contribution < 1.29 is 14.7 Å². The van der Waals surface area contributed by atoms with Gasteiger partial charge in [0, 0.05) is 35.4 Å². The number of carbonyl (C=O) groups is 2. The molecule has 1 aliphatic heterocycles. The second-order valence-electron chi connectivity index (χ2n) is 5.93. The predicted octanol–water partition coefficient (Wildman–Crippen LogP) is 2.35. The Kier molecular flexibility index (Phi) is 5.36. The highest BCUT2D eigenvalue weighted by molar-refractivity contribution is 9.09. The molecule has 1 saturated heterocycles. The fourth-order valence-corrected chi connectivity index (χ4v) is 4.97. The zero-order chi connectivity index (χ0) is 18.7. The van der Waals surface area contributed by atoms with Crippen molar-refractivity contribution in [1.29, 1.82) is 5.26 Å². The molecule has 7 nitrogen and oxygen atoms in total. The summed E-state index contributed by atoms with van der Waals surface area (Å²) in [5.74, 6) is -0.843. The highest BCUT2D eigenvalue weighted by Gasteiger charge is 2.53. The van der Waals surface area contributed by atoms with E-state index in [0.29, 0.717) is 12.1 Å². The number of rotatable bonds is 4. The minimum Gasteiger partial charge on any atom is -0.465 e. The molecule has 0 aliphatic carbocycles. The number of piperidine rings is 1. The van der Waals surface area contributed by atoms with Crippen molar-refractivity contribution in [2.24, 2.45) is 0 Å². The van der Waals surface area contributed by atoms with Crippen molar-refractivity contribution in [1.82, 2.24) is 15.6 Å². The Balaban J connectivity index is 2.12. The molecule has 9 heteroatoms. The van der Waals surface area contributed by atoms with Crippen LogP contribution in [0.15, 0.2) is 35.8 Å². The van der Waals surface area contributed by atoms with Gasteiger partial charge in [0.05, 0.1) is 11.6 Å². The molecule has 3 N–H and O–H groups in total. The number of ketones is 1. The minimum atomic E-state index is -1.41. The van der Waals surface area contributed by atoms with E-state index in [9.17, 15) is 14.7 Å². The van der Waals surface area contributed by atoms with Crippen LogP contribution in [0, 0.1) is 11.3 Å². The van der Waals surface area contributed by atoms with Crippen molar-refractivity contribution in [3.05, 3.63) is 52.0 Å². The number of Topliss-reactive ketones (excluding diaryl/α,β-unsaturated/α-hetero) is 1. The van der Waals surface area contributed by atoms with E-state index in [2.05, 4.69) is 37.6 Å². The molecule has 2 unspecified atom stereocenters. The van der Waals surface area contributed by atoms with Gasteiger partial charge in [0.25, 0.3) is 0 Å². The van der Waals surface area contributed by atoms with Gasteiger partial charge in [0.2, 0.25) is 5.78 Å². The highest BCUT2D eigenvalue weighted by Crippen LogP contribution is 2.40. The smallest absolute Gasteiger partial charge is 0.405 e. The molecule has 1 aromatic carbocycles. The van der Waals surface area contributed by atoms with Crippen LogP contribution in [0.1, 0.15) is 26.8 Å². The Bertz CT molecular complexity index is 850. The molecule has 1 aromatic heterocycles. The molecule has 0 saturated carbocycles. The number of aromatic nitrogens is 1. The molecule has 3 rings (SSSR count). The lowest BCUT2D eigenvalue weighted by Gasteiger charge is -2.45. The van der Waals surface area contributed by atoms with Crippen molar-refractivity contribution in [3.63, 3.8) is 0 Å². The quantitative estimate of drug-likeness (QED) is 0.502. The van der Waals surface area contributed by atoms with E-state index in [1.165, 1.54) is 17.5 Å². The van der Waals surface area contributed by atoms with Gasteiger partial charge in [0.15, 0.2) is 5.01 Å². The summed E-state index contributed by atoms with van der Waals surface area (Å²) in [5, 5.41) is 26.0. The number of hydrogen-bond acceptors (Lipinski definition) is 6. The van der Waals surface area contributed by atoms with Gasteiger partial charge in [0.1, 0.15) is 5.54 Å². The highest BCUT2D eigenvalue weighted by atomic mass is 79.9. The first-order chi connectivity index (χ1) is 12.5. The van der Waals surface area contributed by atoms with E-state index in [1.54, 1.807) is 29.6 Å². The maximum Gasteiger partial charge on any atom is 0.405 e. The summed E-state index contributed by atoms with van der Waals surface area (Å²) in [6.07, 6.45) is 0.238. The Morgan fingerprint density at radius 1 is 1.42 bits per heavy atom. The fourth-order valence-electron chi connectivity index (χ4n) is 3.32. The van der Waals surface area contributed by atoms with Gasteiger partial charge in [-0.25, -0.2) is 9.78 Å². The topological polar surface area (TPSA) is 115 Å². The standard InChI is InChI=1S/C17H15BrN4O3S/c18-12-8-20-9-17(22-16(24)25,14(23)15-21-5-6-26-15)13(12)11-3-1-10(7-19)2-4-11/h1-6,12-13,20,22H,8-9H2,(H,24,25)/t12?,13?,17-/m0/s1. The molecule has 26 heavy (non-hydrogen) atoms. The Morgan fingerprint density at radius 2 is 2.15 bits per heavy atom. The average Bonchev–Trinajstić information content (AvgIpc) is 3.15. The summed E-state index contributed by atoms with van der Waals surface area (Å²) in [4.78, 5) is 28.7. The lowest BCUT2D eigenvalue weighted by atomic mass is 9.72. The molecule has 3 atom stereocenters. The SMILES string of the molecule is N#Cc1ccc(C2C(Br)CNC[C@@]2(NC(=O)O)C(=O)c2nccs2)cc1. The molecule has 0 spiro atoms. The third-order valence-electron chi connectivity index (χ3n) is 4.40. The molecule has 134 valence electrons. The second-order valence-corrected chi connectivity index (χ2v) is 8.00. The van der Waals surface area contributed by atoms with Crippen LogP contribution < -0.4 is 10.6 Å². The van der Waals surface area contributed by atoms with Gasteiger partial charge in [-0.3, -0.25) is 4.79 Å². The van der Waals surface area contributed by atoms with Gasteiger partial charge in [-0.05, 0) is 17.7 Å². The summed E-state index contributed by atoms with van der Waals surface area (Å²) in [7, 11) is 0. The zero-order valence-electron chi connectivity index (χ0n) is 13.5. The summed E-state index contributed by atoms with van der Waals surface area (Å²) < 4.78 is 0. The maximum absolute atomic E-state index is 13.3. The number of benzene rings is 1. The first-order valence-corrected chi connectivity index (χ1v) is 9.57. The Morgan fingerprint density at radius 3 is 2.73 bits per heavy atom.